The van der Waals surface area contributed by atoms with E-state index in [4.69, 9.17) is 4.74 Å². The fraction of sp³-hybridized carbons (Fsp3) is 0.500. The molecular formula is C14H16O2S. The Labute approximate surface area is 106 Å². The van der Waals surface area contributed by atoms with Gasteiger partial charge in [0.1, 0.15) is 6.10 Å². The van der Waals surface area contributed by atoms with E-state index in [1.54, 1.807) is 0 Å². The monoisotopic (exact) mass is 248 g/mol. The molecule has 0 radical (unpaired) electrons. The van der Waals surface area contributed by atoms with Crippen molar-refractivity contribution in [2.24, 2.45) is 5.92 Å². The molecule has 1 aromatic rings. The molecule has 3 heteroatoms. The molecule has 90 valence electrons. The molecule has 17 heavy (non-hydrogen) atoms. The third-order valence-electron chi connectivity index (χ3n) is 3.52. The Morgan fingerprint density at radius 2 is 2.12 bits per heavy atom. The third kappa shape index (κ3) is 2.40. The lowest BCUT2D eigenvalue weighted by atomic mass is 10.1. The summed E-state index contributed by atoms with van der Waals surface area (Å²) >= 11 is 1.83. The Morgan fingerprint density at radius 3 is 2.82 bits per heavy atom. The van der Waals surface area contributed by atoms with Gasteiger partial charge in [-0.05, 0) is 17.9 Å². The summed E-state index contributed by atoms with van der Waals surface area (Å²) < 4.78 is 5.55. The number of carbonyl (C=O) groups excluding carboxylic acids is 1. The van der Waals surface area contributed by atoms with E-state index in [9.17, 15) is 4.79 Å². The second kappa shape index (κ2) is 4.83. The van der Waals surface area contributed by atoms with Crippen molar-refractivity contribution >= 4 is 17.5 Å². The second-order valence-corrected chi connectivity index (χ2v) is 5.85. The van der Waals surface area contributed by atoms with Gasteiger partial charge in [0.05, 0.1) is 6.61 Å². The quantitative estimate of drug-likeness (QED) is 0.822. The van der Waals surface area contributed by atoms with Crippen LogP contribution in [0, 0.1) is 5.92 Å². The lowest BCUT2D eigenvalue weighted by Crippen LogP contribution is -2.32. The molecule has 0 N–H and O–H groups in total. The topological polar surface area (TPSA) is 26.3 Å². The van der Waals surface area contributed by atoms with Crippen LogP contribution in [0.15, 0.2) is 30.3 Å². The van der Waals surface area contributed by atoms with E-state index >= 15 is 0 Å². The van der Waals surface area contributed by atoms with Gasteiger partial charge in [-0.2, -0.15) is 11.8 Å². The molecule has 1 saturated heterocycles. The van der Waals surface area contributed by atoms with Crippen LogP contribution in [-0.4, -0.2) is 30.0 Å². The maximum atomic E-state index is 12.2. The smallest absolute Gasteiger partial charge is 0.166 e. The molecule has 1 aliphatic heterocycles. The fourth-order valence-electron chi connectivity index (χ4n) is 2.47. The van der Waals surface area contributed by atoms with E-state index < -0.39 is 0 Å². The Morgan fingerprint density at radius 1 is 1.29 bits per heavy atom. The minimum Gasteiger partial charge on any atom is -0.369 e. The Kier molecular flexibility index (Phi) is 3.21. The molecular weight excluding hydrogens is 232 g/mol. The van der Waals surface area contributed by atoms with Gasteiger partial charge >= 0.3 is 0 Å². The average Bonchev–Trinajstić information content (AvgIpc) is 3.20. The summed E-state index contributed by atoms with van der Waals surface area (Å²) in [7, 11) is 0. The summed E-state index contributed by atoms with van der Waals surface area (Å²) in [5.41, 5.74) is 1.30. The van der Waals surface area contributed by atoms with Gasteiger partial charge in [-0.25, -0.2) is 0 Å². The first-order valence-corrected chi connectivity index (χ1v) is 7.30. The van der Waals surface area contributed by atoms with Crippen LogP contribution in [0.2, 0.25) is 0 Å². The molecule has 1 aliphatic carbocycles. The van der Waals surface area contributed by atoms with Gasteiger partial charge in [0.2, 0.25) is 0 Å². The maximum Gasteiger partial charge on any atom is 0.166 e. The number of rotatable bonds is 3. The van der Waals surface area contributed by atoms with Gasteiger partial charge < -0.3 is 4.74 Å². The SMILES string of the molecule is O=C(C1CSCCO1)C1CC1c1ccccc1. The van der Waals surface area contributed by atoms with Gasteiger partial charge in [-0.15, -0.1) is 0 Å². The molecule has 0 bridgehead atoms. The number of ketones is 1. The van der Waals surface area contributed by atoms with E-state index in [0.29, 0.717) is 11.7 Å². The van der Waals surface area contributed by atoms with Crippen LogP contribution < -0.4 is 0 Å². The van der Waals surface area contributed by atoms with Crippen molar-refractivity contribution in [1.82, 2.24) is 0 Å². The number of benzene rings is 1. The van der Waals surface area contributed by atoms with Crippen LogP contribution in [0.5, 0.6) is 0 Å². The molecule has 2 fully saturated rings. The highest BCUT2D eigenvalue weighted by Crippen LogP contribution is 2.48. The largest absolute Gasteiger partial charge is 0.369 e. The van der Waals surface area contributed by atoms with E-state index in [2.05, 4.69) is 12.1 Å². The third-order valence-corrected chi connectivity index (χ3v) is 4.51. The first-order chi connectivity index (χ1) is 8.36. The first kappa shape index (κ1) is 11.3. The van der Waals surface area contributed by atoms with Gasteiger partial charge in [-0.1, -0.05) is 30.3 Å². The molecule has 3 atom stereocenters. The zero-order valence-electron chi connectivity index (χ0n) is 9.67. The average molecular weight is 248 g/mol. The molecule has 3 unspecified atom stereocenters. The van der Waals surface area contributed by atoms with Gasteiger partial charge in [-0.3, -0.25) is 4.79 Å². The van der Waals surface area contributed by atoms with Crippen LogP contribution in [0.3, 0.4) is 0 Å². The summed E-state index contributed by atoms with van der Waals surface area (Å²) in [6.07, 6.45) is 0.861. The Balaban J connectivity index is 1.62. The van der Waals surface area contributed by atoms with E-state index in [1.165, 1.54) is 5.56 Å². The highest BCUT2D eigenvalue weighted by atomic mass is 32.2. The van der Waals surface area contributed by atoms with Crippen molar-refractivity contribution in [3.63, 3.8) is 0 Å². The standard InChI is InChI=1S/C14H16O2S/c15-14(13-9-17-7-6-16-13)12-8-11(12)10-4-2-1-3-5-10/h1-5,11-13H,6-9H2. The molecule has 0 spiro atoms. The van der Waals surface area contributed by atoms with Crippen LogP contribution in [0.1, 0.15) is 17.9 Å². The van der Waals surface area contributed by atoms with Gasteiger partial charge in [0.15, 0.2) is 5.78 Å². The summed E-state index contributed by atoms with van der Waals surface area (Å²) in [6, 6.07) is 10.3. The summed E-state index contributed by atoms with van der Waals surface area (Å²) in [5.74, 6) is 2.85. The molecule has 2 aliphatic rings. The molecule has 3 rings (SSSR count). The number of hydrogen-bond donors (Lipinski definition) is 0. The van der Waals surface area contributed by atoms with Crippen molar-refractivity contribution in [3.8, 4) is 0 Å². The molecule has 0 aromatic heterocycles. The highest BCUT2D eigenvalue weighted by molar-refractivity contribution is 7.99. The van der Waals surface area contributed by atoms with E-state index in [-0.39, 0.29) is 12.0 Å². The lowest BCUT2D eigenvalue weighted by Gasteiger charge is -2.21. The predicted molar refractivity (Wildman–Crippen MR) is 69.4 cm³/mol. The normalized spacial score (nSPS) is 32.1. The highest BCUT2D eigenvalue weighted by Gasteiger charge is 2.46. The molecule has 1 aromatic carbocycles. The van der Waals surface area contributed by atoms with Crippen molar-refractivity contribution in [1.29, 1.82) is 0 Å². The van der Waals surface area contributed by atoms with Crippen LogP contribution in [0.25, 0.3) is 0 Å². The van der Waals surface area contributed by atoms with Crippen molar-refractivity contribution in [2.75, 3.05) is 18.1 Å². The molecule has 2 nitrogen and oxygen atoms in total. The summed E-state index contributed by atoms with van der Waals surface area (Å²) in [6.45, 7) is 0.726. The van der Waals surface area contributed by atoms with Crippen LogP contribution >= 0.6 is 11.8 Å². The number of hydrogen-bond acceptors (Lipinski definition) is 3. The zero-order chi connectivity index (χ0) is 11.7. The van der Waals surface area contributed by atoms with E-state index in [0.717, 1.165) is 24.5 Å². The van der Waals surface area contributed by atoms with Crippen molar-refractivity contribution in [3.05, 3.63) is 35.9 Å². The predicted octanol–water partition coefficient (Wildman–Crippen LogP) is 2.49. The first-order valence-electron chi connectivity index (χ1n) is 6.14. The van der Waals surface area contributed by atoms with Crippen molar-refractivity contribution in [2.45, 2.75) is 18.4 Å². The number of carbonyl (C=O) groups is 1. The van der Waals surface area contributed by atoms with Gasteiger partial charge in [0.25, 0.3) is 0 Å². The van der Waals surface area contributed by atoms with E-state index in [1.807, 2.05) is 30.0 Å². The second-order valence-electron chi connectivity index (χ2n) is 4.70. The fourth-order valence-corrected chi connectivity index (χ4v) is 3.32. The molecule has 0 amide bonds. The van der Waals surface area contributed by atoms with Gasteiger partial charge in [0, 0.05) is 17.4 Å². The number of ether oxygens (including phenoxy) is 1. The van der Waals surface area contributed by atoms with Crippen molar-refractivity contribution < 1.29 is 9.53 Å². The lowest BCUT2D eigenvalue weighted by molar-refractivity contribution is -0.130. The summed E-state index contributed by atoms with van der Waals surface area (Å²) in [4.78, 5) is 12.2. The summed E-state index contributed by atoms with van der Waals surface area (Å²) in [5, 5.41) is 0. The number of thioether (sulfide) groups is 1. The minimum atomic E-state index is -0.146. The Bertz CT molecular complexity index is 398. The molecule has 1 heterocycles. The zero-order valence-corrected chi connectivity index (χ0v) is 10.5. The molecule has 1 saturated carbocycles. The Hall–Kier alpha value is -0.800. The minimum absolute atomic E-state index is 0.146. The maximum absolute atomic E-state index is 12.2. The van der Waals surface area contributed by atoms with Crippen LogP contribution in [0.4, 0.5) is 0 Å². The number of Topliss-reactive ketones (excluding diaryl/α,β-unsaturated/α-hetero) is 1. The van der Waals surface area contributed by atoms with Crippen LogP contribution in [-0.2, 0) is 9.53 Å².